The van der Waals surface area contributed by atoms with Gasteiger partial charge in [-0.1, -0.05) is 6.92 Å². The van der Waals surface area contributed by atoms with E-state index in [1.807, 2.05) is 4.57 Å². The highest BCUT2D eigenvalue weighted by atomic mass is 16.1. The lowest BCUT2D eigenvalue weighted by Crippen LogP contribution is -2.17. The Kier molecular flexibility index (Phi) is 2.90. The van der Waals surface area contributed by atoms with Crippen LogP contribution < -0.4 is 0 Å². The molecule has 16 heavy (non-hydrogen) atoms. The van der Waals surface area contributed by atoms with Gasteiger partial charge in [0, 0.05) is 18.4 Å². The first kappa shape index (κ1) is 11.0. The second-order valence-electron chi connectivity index (χ2n) is 4.59. The van der Waals surface area contributed by atoms with Crippen LogP contribution in [0.25, 0.3) is 0 Å². The number of ketones is 2. The van der Waals surface area contributed by atoms with Crippen molar-refractivity contribution < 1.29 is 9.59 Å². The topological polar surface area (TPSA) is 52.0 Å². The quantitative estimate of drug-likeness (QED) is 0.713. The van der Waals surface area contributed by atoms with E-state index in [1.165, 1.54) is 6.92 Å². The molecular formula is C12H16N2O2. The zero-order valence-electron chi connectivity index (χ0n) is 9.64. The molecule has 1 unspecified atom stereocenters. The molecule has 0 spiro atoms. The Morgan fingerprint density at radius 2 is 2.25 bits per heavy atom. The van der Waals surface area contributed by atoms with E-state index in [0.29, 0.717) is 18.2 Å². The van der Waals surface area contributed by atoms with Gasteiger partial charge in [0.2, 0.25) is 0 Å². The largest absolute Gasteiger partial charge is 0.325 e. The summed E-state index contributed by atoms with van der Waals surface area (Å²) in [6.07, 6.45) is 5.88. The number of carbonyl (C=O) groups excluding carboxylic acids is 2. The van der Waals surface area contributed by atoms with Gasteiger partial charge >= 0.3 is 0 Å². The molecular weight excluding hydrogens is 204 g/mol. The molecule has 0 amide bonds. The van der Waals surface area contributed by atoms with Gasteiger partial charge in [0.05, 0.1) is 12.5 Å². The van der Waals surface area contributed by atoms with E-state index in [9.17, 15) is 9.59 Å². The summed E-state index contributed by atoms with van der Waals surface area (Å²) in [7, 11) is 0. The molecule has 1 aliphatic rings. The SMILES string of the molecule is CC(=O)CC(C)C(=O)c1cncn1C1CC1. The predicted octanol–water partition coefficient (Wildman–Crippen LogP) is 2.02. The van der Waals surface area contributed by atoms with Crippen LogP contribution in [0, 0.1) is 5.92 Å². The maximum absolute atomic E-state index is 12.1. The Bertz CT molecular complexity index is 418. The second-order valence-corrected chi connectivity index (χ2v) is 4.59. The van der Waals surface area contributed by atoms with Crippen LogP contribution in [0.3, 0.4) is 0 Å². The Hall–Kier alpha value is -1.45. The molecule has 2 rings (SSSR count). The van der Waals surface area contributed by atoms with Gasteiger partial charge in [-0.25, -0.2) is 4.98 Å². The fourth-order valence-electron chi connectivity index (χ4n) is 1.92. The first-order valence-corrected chi connectivity index (χ1v) is 5.65. The normalized spacial score (nSPS) is 17.1. The summed E-state index contributed by atoms with van der Waals surface area (Å²) >= 11 is 0. The average molecular weight is 220 g/mol. The third-order valence-corrected chi connectivity index (χ3v) is 2.90. The summed E-state index contributed by atoms with van der Waals surface area (Å²) in [5.41, 5.74) is 0.649. The summed E-state index contributed by atoms with van der Waals surface area (Å²) in [6, 6.07) is 0.450. The van der Waals surface area contributed by atoms with E-state index in [0.717, 1.165) is 12.8 Å². The Morgan fingerprint density at radius 3 is 2.81 bits per heavy atom. The zero-order valence-corrected chi connectivity index (χ0v) is 9.64. The minimum absolute atomic E-state index is 0.0274. The van der Waals surface area contributed by atoms with Gasteiger partial charge in [-0.2, -0.15) is 0 Å². The van der Waals surface area contributed by atoms with E-state index in [4.69, 9.17) is 0 Å². The van der Waals surface area contributed by atoms with Gasteiger partial charge in [0.1, 0.15) is 11.5 Å². The van der Waals surface area contributed by atoms with Gasteiger partial charge in [0.25, 0.3) is 0 Å². The molecule has 0 saturated heterocycles. The van der Waals surface area contributed by atoms with Crippen molar-refractivity contribution >= 4 is 11.6 Å². The lowest BCUT2D eigenvalue weighted by Gasteiger charge is -2.10. The van der Waals surface area contributed by atoms with Crippen molar-refractivity contribution in [2.75, 3.05) is 0 Å². The van der Waals surface area contributed by atoms with E-state index < -0.39 is 0 Å². The van der Waals surface area contributed by atoms with Crippen LogP contribution in [0.2, 0.25) is 0 Å². The molecule has 0 aromatic carbocycles. The molecule has 1 atom stereocenters. The predicted molar refractivity (Wildman–Crippen MR) is 59.3 cm³/mol. The lowest BCUT2D eigenvalue weighted by atomic mass is 9.98. The standard InChI is InChI=1S/C12H16N2O2/c1-8(5-9(2)15)12(16)11-6-13-7-14(11)10-3-4-10/h6-8,10H,3-5H2,1-2H3. The van der Waals surface area contributed by atoms with E-state index in [-0.39, 0.29) is 17.5 Å². The molecule has 1 heterocycles. The molecule has 1 fully saturated rings. The lowest BCUT2D eigenvalue weighted by molar-refractivity contribution is -0.117. The highest BCUT2D eigenvalue weighted by Gasteiger charge is 2.29. The van der Waals surface area contributed by atoms with Gasteiger partial charge in [-0.3, -0.25) is 4.79 Å². The Morgan fingerprint density at radius 1 is 1.56 bits per heavy atom. The Labute approximate surface area is 94.7 Å². The Balaban J connectivity index is 2.13. The smallest absolute Gasteiger partial charge is 0.184 e. The highest BCUT2D eigenvalue weighted by molar-refractivity contribution is 5.98. The third kappa shape index (κ3) is 2.21. The van der Waals surface area contributed by atoms with Crippen molar-refractivity contribution in [3.8, 4) is 0 Å². The fraction of sp³-hybridized carbons (Fsp3) is 0.583. The van der Waals surface area contributed by atoms with Crippen LogP contribution >= 0.6 is 0 Å². The minimum Gasteiger partial charge on any atom is -0.325 e. The molecule has 1 aromatic rings. The summed E-state index contributed by atoms with van der Waals surface area (Å²) in [4.78, 5) is 27.1. The average Bonchev–Trinajstić information content (AvgIpc) is 2.94. The summed E-state index contributed by atoms with van der Waals surface area (Å²) in [5.74, 6) is -0.162. The van der Waals surface area contributed by atoms with Crippen molar-refractivity contribution in [1.29, 1.82) is 0 Å². The number of carbonyl (C=O) groups is 2. The molecule has 1 aromatic heterocycles. The molecule has 0 radical (unpaired) electrons. The van der Waals surface area contributed by atoms with Crippen LogP contribution in [-0.4, -0.2) is 21.1 Å². The third-order valence-electron chi connectivity index (χ3n) is 2.90. The van der Waals surface area contributed by atoms with Gasteiger partial charge in [-0.05, 0) is 19.8 Å². The minimum atomic E-state index is -0.244. The van der Waals surface area contributed by atoms with Crippen LogP contribution in [0.1, 0.15) is 49.6 Å². The van der Waals surface area contributed by atoms with Crippen molar-refractivity contribution in [2.45, 2.75) is 39.2 Å². The number of nitrogens with zero attached hydrogens (tertiary/aromatic N) is 2. The molecule has 1 saturated carbocycles. The van der Waals surface area contributed by atoms with Crippen molar-refractivity contribution in [1.82, 2.24) is 9.55 Å². The number of hydrogen-bond acceptors (Lipinski definition) is 3. The van der Waals surface area contributed by atoms with Crippen LogP contribution in [0.4, 0.5) is 0 Å². The van der Waals surface area contributed by atoms with E-state index >= 15 is 0 Å². The maximum Gasteiger partial charge on any atom is 0.184 e. The number of aromatic nitrogens is 2. The second kappa shape index (κ2) is 4.20. The molecule has 1 aliphatic carbocycles. The summed E-state index contributed by atoms with van der Waals surface area (Å²) in [5, 5.41) is 0. The van der Waals surface area contributed by atoms with E-state index in [2.05, 4.69) is 4.98 Å². The fourth-order valence-corrected chi connectivity index (χ4v) is 1.92. The van der Waals surface area contributed by atoms with Gasteiger partial charge < -0.3 is 9.36 Å². The summed E-state index contributed by atoms with van der Waals surface area (Å²) in [6.45, 7) is 3.32. The molecule has 0 bridgehead atoms. The van der Waals surface area contributed by atoms with Gasteiger partial charge in [-0.15, -0.1) is 0 Å². The molecule has 86 valence electrons. The monoisotopic (exact) mass is 220 g/mol. The number of imidazole rings is 1. The van der Waals surface area contributed by atoms with E-state index in [1.54, 1.807) is 19.4 Å². The van der Waals surface area contributed by atoms with Gasteiger partial charge in [0.15, 0.2) is 5.78 Å². The van der Waals surface area contributed by atoms with Crippen LogP contribution in [-0.2, 0) is 4.79 Å². The first-order chi connectivity index (χ1) is 7.59. The van der Waals surface area contributed by atoms with Crippen LogP contribution in [0.15, 0.2) is 12.5 Å². The molecule has 4 heteroatoms. The number of hydrogen-bond donors (Lipinski definition) is 0. The highest BCUT2D eigenvalue weighted by Crippen LogP contribution is 2.36. The van der Waals surface area contributed by atoms with Crippen LogP contribution in [0.5, 0.6) is 0 Å². The zero-order chi connectivity index (χ0) is 11.7. The number of rotatable bonds is 5. The maximum atomic E-state index is 12.1. The number of Topliss-reactive ketones (excluding diaryl/α,β-unsaturated/α-hetero) is 2. The van der Waals surface area contributed by atoms with Crippen molar-refractivity contribution in [3.63, 3.8) is 0 Å². The molecule has 0 aliphatic heterocycles. The first-order valence-electron chi connectivity index (χ1n) is 5.65. The molecule has 0 N–H and O–H groups in total. The molecule has 4 nitrogen and oxygen atoms in total. The van der Waals surface area contributed by atoms with Crippen molar-refractivity contribution in [2.24, 2.45) is 5.92 Å². The van der Waals surface area contributed by atoms with Crippen molar-refractivity contribution in [3.05, 3.63) is 18.2 Å². The summed E-state index contributed by atoms with van der Waals surface area (Å²) < 4.78 is 1.94.